The molecular formula is C23H16F3N3O5. The number of anilines is 1. The standard InChI is InChI=1S/C23H16F3N3O5/c1-12-20-15(10-17(28-21(20)34-29-12)13-6-8-14(24)9-7-13)22(31)32-11-19(30)27-16-4-2-3-5-18(16)33-23(25)26/h2-10,23H,11H2,1H3,(H,27,30). The first-order valence-electron chi connectivity index (χ1n) is 9.85. The molecule has 8 nitrogen and oxygen atoms in total. The summed E-state index contributed by atoms with van der Waals surface area (Å²) in [7, 11) is 0. The van der Waals surface area contributed by atoms with E-state index >= 15 is 0 Å². The molecule has 0 radical (unpaired) electrons. The van der Waals surface area contributed by atoms with E-state index in [1.807, 2.05) is 0 Å². The Hall–Kier alpha value is -4.41. The van der Waals surface area contributed by atoms with Gasteiger partial charge in [0.15, 0.2) is 6.61 Å². The lowest BCUT2D eigenvalue weighted by atomic mass is 10.1. The lowest BCUT2D eigenvalue weighted by Crippen LogP contribution is -2.21. The smallest absolute Gasteiger partial charge is 0.387 e. The number of aromatic nitrogens is 2. The minimum Gasteiger partial charge on any atom is -0.452 e. The molecule has 1 N–H and O–H groups in total. The molecule has 0 bridgehead atoms. The number of fused-ring (bicyclic) bond motifs is 1. The molecule has 11 heteroatoms. The van der Waals surface area contributed by atoms with Gasteiger partial charge in [-0.3, -0.25) is 4.79 Å². The van der Waals surface area contributed by atoms with Crippen molar-refractivity contribution in [3.8, 4) is 17.0 Å². The Kier molecular flexibility index (Phi) is 6.44. The molecule has 2 aromatic carbocycles. The molecule has 174 valence electrons. The number of ether oxygens (including phenoxy) is 2. The SMILES string of the molecule is Cc1noc2nc(-c3ccc(F)cc3)cc(C(=O)OCC(=O)Nc3ccccc3OC(F)F)c12. The number of esters is 1. The van der Waals surface area contributed by atoms with Crippen LogP contribution in [0, 0.1) is 12.7 Å². The first kappa shape index (κ1) is 22.8. The van der Waals surface area contributed by atoms with Crippen LogP contribution in [0.1, 0.15) is 16.1 Å². The Balaban J connectivity index is 1.53. The molecule has 2 heterocycles. The van der Waals surface area contributed by atoms with Gasteiger partial charge in [0.1, 0.15) is 11.6 Å². The van der Waals surface area contributed by atoms with Gasteiger partial charge in [0.05, 0.1) is 28.0 Å². The largest absolute Gasteiger partial charge is 0.452 e. The lowest BCUT2D eigenvalue weighted by Gasteiger charge is -2.12. The number of amides is 1. The van der Waals surface area contributed by atoms with E-state index in [1.165, 1.54) is 54.6 Å². The van der Waals surface area contributed by atoms with Crippen LogP contribution in [0.2, 0.25) is 0 Å². The summed E-state index contributed by atoms with van der Waals surface area (Å²) in [4.78, 5) is 29.4. The van der Waals surface area contributed by atoms with Crippen LogP contribution in [0.3, 0.4) is 0 Å². The summed E-state index contributed by atoms with van der Waals surface area (Å²) in [5.74, 6) is -2.32. The molecule has 4 rings (SSSR count). The van der Waals surface area contributed by atoms with Crippen molar-refractivity contribution in [2.75, 3.05) is 11.9 Å². The second-order valence-corrected chi connectivity index (χ2v) is 7.01. The van der Waals surface area contributed by atoms with Gasteiger partial charge >= 0.3 is 12.6 Å². The van der Waals surface area contributed by atoms with Crippen LogP contribution in [0.4, 0.5) is 18.9 Å². The van der Waals surface area contributed by atoms with E-state index in [0.717, 1.165) is 0 Å². The molecule has 4 aromatic rings. The van der Waals surface area contributed by atoms with E-state index < -0.39 is 30.9 Å². The van der Waals surface area contributed by atoms with Gasteiger partial charge in [-0.15, -0.1) is 0 Å². The summed E-state index contributed by atoms with van der Waals surface area (Å²) >= 11 is 0. The summed E-state index contributed by atoms with van der Waals surface area (Å²) in [6.45, 7) is -2.18. The molecule has 0 spiro atoms. The molecule has 0 fully saturated rings. The molecule has 0 aliphatic carbocycles. The van der Waals surface area contributed by atoms with Crippen molar-refractivity contribution in [2.24, 2.45) is 0 Å². The molecule has 1 amide bonds. The third-order valence-corrected chi connectivity index (χ3v) is 4.69. The third-order valence-electron chi connectivity index (χ3n) is 4.69. The van der Waals surface area contributed by atoms with Crippen LogP contribution in [0.25, 0.3) is 22.4 Å². The third kappa shape index (κ3) is 4.98. The maximum atomic E-state index is 13.3. The van der Waals surface area contributed by atoms with E-state index in [9.17, 15) is 22.8 Å². The molecule has 0 aliphatic heterocycles. The van der Waals surface area contributed by atoms with Gasteiger partial charge in [0.2, 0.25) is 0 Å². The summed E-state index contributed by atoms with van der Waals surface area (Å²) in [6.07, 6.45) is 0. The Labute approximate surface area is 190 Å². The van der Waals surface area contributed by atoms with E-state index in [-0.39, 0.29) is 22.7 Å². The van der Waals surface area contributed by atoms with Crippen molar-refractivity contribution in [3.05, 3.63) is 71.7 Å². The summed E-state index contributed by atoms with van der Waals surface area (Å²) in [5.41, 5.74) is 1.29. The Morgan fingerprint density at radius 1 is 1.12 bits per heavy atom. The van der Waals surface area contributed by atoms with E-state index in [4.69, 9.17) is 9.26 Å². The fourth-order valence-electron chi connectivity index (χ4n) is 3.19. The molecule has 0 saturated heterocycles. The van der Waals surface area contributed by atoms with Crippen molar-refractivity contribution in [1.29, 1.82) is 0 Å². The minimum absolute atomic E-state index is 0.0105. The van der Waals surface area contributed by atoms with Crippen molar-refractivity contribution in [3.63, 3.8) is 0 Å². The predicted octanol–water partition coefficient (Wildman–Crippen LogP) is 4.73. The maximum Gasteiger partial charge on any atom is 0.387 e. The van der Waals surface area contributed by atoms with Gasteiger partial charge < -0.3 is 19.3 Å². The number of carbonyl (C=O) groups is 2. The Morgan fingerprint density at radius 3 is 2.59 bits per heavy atom. The van der Waals surface area contributed by atoms with Crippen LogP contribution in [0.5, 0.6) is 5.75 Å². The van der Waals surface area contributed by atoms with Gasteiger partial charge in [-0.1, -0.05) is 17.3 Å². The van der Waals surface area contributed by atoms with Crippen molar-refractivity contribution in [2.45, 2.75) is 13.5 Å². The zero-order valence-electron chi connectivity index (χ0n) is 17.6. The molecule has 0 aliphatic rings. The molecule has 0 saturated carbocycles. The number of alkyl halides is 2. The first-order valence-corrected chi connectivity index (χ1v) is 9.85. The monoisotopic (exact) mass is 471 g/mol. The molecule has 0 atom stereocenters. The quantitative estimate of drug-likeness (QED) is 0.389. The molecule has 2 aromatic heterocycles. The van der Waals surface area contributed by atoms with Gasteiger partial charge in [0.25, 0.3) is 11.6 Å². The predicted molar refractivity (Wildman–Crippen MR) is 114 cm³/mol. The number of benzene rings is 2. The number of para-hydroxylation sites is 2. The highest BCUT2D eigenvalue weighted by molar-refractivity contribution is 6.05. The average Bonchev–Trinajstić information content (AvgIpc) is 3.19. The van der Waals surface area contributed by atoms with E-state index in [2.05, 4.69) is 20.2 Å². The van der Waals surface area contributed by atoms with Crippen molar-refractivity contribution in [1.82, 2.24) is 10.1 Å². The van der Waals surface area contributed by atoms with Gasteiger partial charge in [-0.25, -0.2) is 14.2 Å². The zero-order chi connectivity index (χ0) is 24.2. The van der Waals surface area contributed by atoms with Crippen molar-refractivity contribution >= 4 is 28.7 Å². The highest BCUT2D eigenvalue weighted by Gasteiger charge is 2.21. The van der Waals surface area contributed by atoms with Gasteiger partial charge in [0, 0.05) is 5.56 Å². The van der Waals surface area contributed by atoms with Crippen LogP contribution in [-0.4, -0.2) is 35.2 Å². The number of halogens is 3. The molecular weight excluding hydrogens is 455 g/mol. The van der Waals surface area contributed by atoms with Crippen LogP contribution in [-0.2, 0) is 9.53 Å². The summed E-state index contributed by atoms with van der Waals surface area (Å²) < 4.78 is 53.0. The Morgan fingerprint density at radius 2 is 1.85 bits per heavy atom. The number of hydrogen-bond donors (Lipinski definition) is 1. The fraction of sp³-hybridized carbons (Fsp3) is 0.130. The second kappa shape index (κ2) is 9.61. The maximum absolute atomic E-state index is 13.3. The van der Waals surface area contributed by atoms with Crippen LogP contribution < -0.4 is 10.1 Å². The number of nitrogens with one attached hydrogen (secondary N) is 1. The summed E-state index contributed by atoms with van der Waals surface area (Å²) in [5, 5.41) is 6.47. The van der Waals surface area contributed by atoms with E-state index in [1.54, 1.807) is 6.92 Å². The number of nitrogens with zero attached hydrogens (tertiary/aromatic N) is 2. The highest BCUT2D eigenvalue weighted by Crippen LogP contribution is 2.28. The number of aryl methyl sites for hydroxylation is 1. The number of rotatable bonds is 7. The zero-order valence-corrected chi connectivity index (χ0v) is 17.6. The van der Waals surface area contributed by atoms with E-state index in [0.29, 0.717) is 22.3 Å². The number of pyridine rings is 1. The van der Waals surface area contributed by atoms with Crippen molar-refractivity contribution < 1.29 is 36.8 Å². The Bertz CT molecular complexity index is 1360. The lowest BCUT2D eigenvalue weighted by molar-refractivity contribution is -0.119. The van der Waals surface area contributed by atoms with Gasteiger partial charge in [-0.2, -0.15) is 8.78 Å². The molecule has 34 heavy (non-hydrogen) atoms. The van der Waals surface area contributed by atoms with Gasteiger partial charge in [-0.05, 0) is 49.4 Å². The normalized spacial score (nSPS) is 11.0. The fourth-order valence-corrected chi connectivity index (χ4v) is 3.19. The number of carbonyl (C=O) groups excluding carboxylic acids is 2. The van der Waals surface area contributed by atoms with Crippen LogP contribution in [0.15, 0.2) is 59.1 Å². The number of hydrogen-bond acceptors (Lipinski definition) is 7. The van der Waals surface area contributed by atoms with Crippen LogP contribution >= 0.6 is 0 Å². The topological polar surface area (TPSA) is 104 Å². The highest BCUT2D eigenvalue weighted by atomic mass is 19.3. The summed E-state index contributed by atoms with van der Waals surface area (Å²) in [6, 6.07) is 12.5. The second-order valence-electron chi connectivity index (χ2n) is 7.01. The first-order chi connectivity index (χ1) is 16.3. The average molecular weight is 471 g/mol. The molecule has 0 unspecified atom stereocenters. The minimum atomic E-state index is -3.08.